The third-order valence-corrected chi connectivity index (χ3v) is 5.05. The summed E-state index contributed by atoms with van der Waals surface area (Å²) in [5, 5.41) is 6.97. The Morgan fingerprint density at radius 3 is 2.47 bits per heavy atom. The fourth-order valence-corrected chi connectivity index (χ4v) is 3.51. The van der Waals surface area contributed by atoms with Crippen LogP contribution in [0.2, 0.25) is 0 Å². The first kappa shape index (κ1) is 19.7. The number of piperidine rings is 1. The fourth-order valence-electron chi connectivity index (χ4n) is 3.51. The van der Waals surface area contributed by atoms with Crippen molar-refractivity contribution < 1.29 is 14.3 Å². The molecule has 158 valence electrons. The maximum atomic E-state index is 12.6. The summed E-state index contributed by atoms with van der Waals surface area (Å²) in [5.41, 5.74) is 0.0830. The summed E-state index contributed by atoms with van der Waals surface area (Å²) in [5.74, 6) is 1.77. The summed E-state index contributed by atoms with van der Waals surface area (Å²) in [6.07, 6.45) is 5.14. The molecule has 4 rings (SSSR count). The number of anilines is 2. The Balaban J connectivity index is 1.52. The predicted octanol–water partition coefficient (Wildman–Crippen LogP) is 1.54. The van der Waals surface area contributed by atoms with Crippen molar-refractivity contribution in [3.8, 4) is 11.5 Å². The van der Waals surface area contributed by atoms with Gasteiger partial charge >= 0.3 is 5.69 Å². The van der Waals surface area contributed by atoms with E-state index in [9.17, 15) is 9.59 Å². The number of amides is 1. The summed E-state index contributed by atoms with van der Waals surface area (Å²) >= 11 is 0. The molecule has 1 aromatic carbocycles. The second-order valence-electron chi connectivity index (χ2n) is 7.09. The Kier molecular flexibility index (Phi) is 5.55. The van der Waals surface area contributed by atoms with Crippen LogP contribution in [0.15, 0.2) is 35.3 Å². The highest BCUT2D eigenvalue weighted by molar-refractivity contribution is 5.91. The fraction of sp³-hybridized carbons (Fsp3) is 0.400. The molecule has 1 N–H and O–H groups in total. The van der Waals surface area contributed by atoms with Gasteiger partial charge in [-0.3, -0.25) is 4.79 Å². The van der Waals surface area contributed by atoms with Gasteiger partial charge in [-0.1, -0.05) is 0 Å². The lowest BCUT2D eigenvalue weighted by molar-refractivity contribution is -0.117. The molecule has 0 unspecified atom stereocenters. The van der Waals surface area contributed by atoms with Crippen molar-refractivity contribution in [3.63, 3.8) is 0 Å². The molecule has 1 amide bonds. The SMILES string of the molecule is COc1cc(NC(=O)Cn2nc3nc(N4CCCCC4)ccn3c2=O)cc(OC)c1. The van der Waals surface area contributed by atoms with Crippen molar-refractivity contribution in [2.75, 3.05) is 37.5 Å². The largest absolute Gasteiger partial charge is 0.497 e. The Hall–Kier alpha value is -3.56. The molecule has 30 heavy (non-hydrogen) atoms. The Morgan fingerprint density at radius 2 is 1.80 bits per heavy atom. The number of nitrogens with zero attached hydrogens (tertiary/aromatic N) is 5. The Labute approximate surface area is 173 Å². The minimum atomic E-state index is -0.416. The van der Waals surface area contributed by atoms with Crippen molar-refractivity contribution >= 4 is 23.2 Å². The van der Waals surface area contributed by atoms with Crippen molar-refractivity contribution in [3.05, 3.63) is 40.9 Å². The van der Waals surface area contributed by atoms with E-state index in [1.807, 2.05) is 6.07 Å². The summed E-state index contributed by atoms with van der Waals surface area (Å²) < 4.78 is 12.9. The first-order valence-electron chi connectivity index (χ1n) is 9.81. The molecule has 0 bridgehead atoms. The molecule has 1 fully saturated rings. The zero-order chi connectivity index (χ0) is 21.1. The molecule has 10 heteroatoms. The van der Waals surface area contributed by atoms with Gasteiger partial charge in [0.25, 0.3) is 5.78 Å². The van der Waals surface area contributed by atoms with Gasteiger partial charge in [-0.15, -0.1) is 5.10 Å². The van der Waals surface area contributed by atoms with Crippen LogP contribution in [0.1, 0.15) is 19.3 Å². The first-order chi connectivity index (χ1) is 14.6. The summed E-state index contributed by atoms with van der Waals surface area (Å²) in [6.45, 7) is 1.65. The molecule has 1 aliphatic heterocycles. The van der Waals surface area contributed by atoms with Gasteiger partial charge in [-0.25, -0.2) is 13.9 Å². The van der Waals surface area contributed by atoms with E-state index in [2.05, 4.69) is 20.3 Å². The van der Waals surface area contributed by atoms with Gasteiger partial charge < -0.3 is 19.7 Å². The van der Waals surface area contributed by atoms with E-state index < -0.39 is 11.6 Å². The maximum Gasteiger partial charge on any atom is 0.352 e. The van der Waals surface area contributed by atoms with E-state index in [-0.39, 0.29) is 12.3 Å². The second-order valence-corrected chi connectivity index (χ2v) is 7.09. The average Bonchev–Trinajstić information content (AvgIpc) is 3.08. The lowest BCUT2D eigenvalue weighted by Gasteiger charge is -2.27. The number of ether oxygens (including phenoxy) is 2. The zero-order valence-corrected chi connectivity index (χ0v) is 17.0. The second kappa shape index (κ2) is 8.44. The van der Waals surface area contributed by atoms with Crippen LogP contribution in [-0.4, -0.2) is 52.4 Å². The van der Waals surface area contributed by atoms with Gasteiger partial charge in [-0.05, 0) is 25.3 Å². The van der Waals surface area contributed by atoms with Gasteiger partial charge in [-0.2, -0.15) is 4.98 Å². The highest BCUT2D eigenvalue weighted by Crippen LogP contribution is 2.25. The monoisotopic (exact) mass is 412 g/mol. The number of aromatic nitrogens is 4. The van der Waals surface area contributed by atoms with Crippen LogP contribution in [0.3, 0.4) is 0 Å². The van der Waals surface area contributed by atoms with Crippen LogP contribution < -0.4 is 25.4 Å². The van der Waals surface area contributed by atoms with Gasteiger partial charge in [0.15, 0.2) is 0 Å². The molecule has 1 aliphatic rings. The van der Waals surface area contributed by atoms with Crippen molar-refractivity contribution in [2.24, 2.45) is 0 Å². The van der Waals surface area contributed by atoms with Crippen molar-refractivity contribution in [2.45, 2.75) is 25.8 Å². The van der Waals surface area contributed by atoms with E-state index >= 15 is 0 Å². The number of fused-ring (bicyclic) bond motifs is 1. The van der Waals surface area contributed by atoms with Crippen molar-refractivity contribution in [1.29, 1.82) is 0 Å². The predicted molar refractivity (Wildman–Crippen MR) is 111 cm³/mol. The number of benzene rings is 1. The molecule has 3 heterocycles. The molecule has 2 aromatic heterocycles. The number of hydrogen-bond acceptors (Lipinski definition) is 7. The standard InChI is InChI=1S/C20H24N6O4/c1-29-15-10-14(11-16(12-15)30-2)21-18(27)13-26-20(28)25-9-6-17(22-19(25)23-26)24-7-4-3-5-8-24/h6,9-12H,3-5,7-8,13H2,1-2H3,(H,21,27). The van der Waals surface area contributed by atoms with Crippen LogP contribution in [-0.2, 0) is 11.3 Å². The minimum Gasteiger partial charge on any atom is -0.497 e. The van der Waals surface area contributed by atoms with Crippen LogP contribution in [0.25, 0.3) is 5.78 Å². The number of carbonyl (C=O) groups excluding carboxylic acids is 1. The Morgan fingerprint density at radius 1 is 1.10 bits per heavy atom. The normalized spacial score (nSPS) is 14.0. The van der Waals surface area contributed by atoms with Crippen LogP contribution >= 0.6 is 0 Å². The molecular weight excluding hydrogens is 388 g/mol. The third kappa shape index (κ3) is 4.07. The highest BCUT2D eigenvalue weighted by atomic mass is 16.5. The van der Waals surface area contributed by atoms with Crippen LogP contribution in [0.4, 0.5) is 11.5 Å². The van der Waals surface area contributed by atoms with E-state index in [0.717, 1.165) is 36.4 Å². The lowest BCUT2D eigenvalue weighted by atomic mass is 10.1. The van der Waals surface area contributed by atoms with E-state index in [0.29, 0.717) is 17.2 Å². The number of carbonyl (C=O) groups is 1. The number of hydrogen-bond donors (Lipinski definition) is 1. The maximum absolute atomic E-state index is 12.6. The van der Waals surface area contributed by atoms with Gasteiger partial charge in [0, 0.05) is 43.2 Å². The topological polar surface area (TPSA) is 103 Å². The zero-order valence-electron chi connectivity index (χ0n) is 17.0. The molecule has 0 spiro atoms. The minimum absolute atomic E-state index is 0.235. The van der Waals surface area contributed by atoms with Crippen LogP contribution in [0.5, 0.6) is 11.5 Å². The highest BCUT2D eigenvalue weighted by Gasteiger charge is 2.16. The summed E-state index contributed by atoms with van der Waals surface area (Å²) in [6, 6.07) is 6.85. The van der Waals surface area contributed by atoms with Crippen molar-refractivity contribution in [1.82, 2.24) is 19.2 Å². The lowest BCUT2D eigenvalue weighted by Crippen LogP contribution is -2.30. The number of nitrogens with one attached hydrogen (secondary N) is 1. The van der Waals surface area contributed by atoms with Gasteiger partial charge in [0.2, 0.25) is 5.91 Å². The molecule has 10 nitrogen and oxygen atoms in total. The van der Waals surface area contributed by atoms with Gasteiger partial charge in [0.05, 0.1) is 14.2 Å². The quantitative estimate of drug-likeness (QED) is 0.655. The third-order valence-electron chi connectivity index (χ3n) is 5.05. The average molecular weight is 412 g/mol. The molecule has 3 aromatic rings. The summed E-state index contributed by atoms with van der Waals surface area (Å²) in [7, 11) is 3.06. The molecule has 0 radical (unpaired) electrons. The first-order valence-corrected chi connectivity index (χ1v) is 9.81. The number of methoxy groups -OCH3 is 2. The summed E-state index contributed by atoms with van der Waals surface area (Å²) in [4.78, 5) is 31.8. The molecule has 1 saturated heterocycles. The van der Waals surface area contributed by atoms with E-state index in [1.165, 1.54) is 25.0 Å². The molecular formula is C20H24N6O4. The van der Waals surface area contributed by atoms with E-state index in [1.54, 1.807) is 24.4 Å². The number of rotatable bonds is 6. The molecule has 0 aliphatic carbocycles. The molecule has 0 atom stereocenters. The van der Waals surface area contributed by atoms with E-state index in [4.69, 9.17) is 9.47 Å². The van der Waals surface area contributed by atoms with Crippen LogP contribution in [0, 0.1) is 0 Å². The smallest absolute Gasteiger partial charge is 0.352 e. The Bertz CT molecular complexity index is 1090. The molecule has 0 saturated carbocycles. The van der Waals surface area contributed by atoms with Gasteiger partial charge in [0.1, 0.15) is 23.9 Å².